The topological polar surface area (TPSA) is 88.4 Å². The van der Waals surface area contributed by atoms with Crippen molar-refractivity contribution in [1.29, 1.82) is 0 Å². The second-order valence-corrected chi connectivity index (χ2v) is 4.30. The highest BCUT2D eigenvalue weighted by Crippen LogP contribution is 2.17. The molecule has 2 heterocycles. The van der Waals surface area contributed by atoms with E-state index in [-0.39, 0.29) is 12.5 Å². The molecule has 1 aromatic heterocycles. The van der Waals surface area contributed by atoms with Crippen LogP contribution in [0.2, 0.25) is 0 Å². The number of anilines is 1. The van der Waals surface area contributed by atoms with Crippen molar-refractivity contribution in [1.82, 2.24) is 15.2 Å². The van der Waals surface area contributed by atoms with Crippen LogP contribution in [0.4, 0.5) is 5.95 Å². The number of aliphatic carboxylic acids is 1. The fourth-order valence-electron chi connectivity index (χ4n) is 1.86. The monoisotopic (exact) mass is 252 g/mol. The van der Waals surface area contributed by atoms with E-state index >= 15 is 0 Å². The summed E-state index contributed by atoms with van der Waals surface area (Å²) in [6, 6.07) is -0.236. The number of aryl methyl sites for hydroxylation is 2. The number of ether oxygens (including phenoxy) is 1. The molecule has 7 nitrogen and oxygen atoms in total. The van der Waals surface area contributed by atoms with Crippen LogP contribution in [-0.2, 0) is 9.53 Å². The standard InChI is InChI=1S/C11H16N4O3/c1-7-8(2)13-14-11(12-7)15-3-4-18-6-9(15)5-10(16)17/h9H,3-6H2,1-2H3,(H,16,17). The molecule has 2 rings (SSSR count). The first-order chi connectivity index (χ1) is 8.58. The minimum Gasteiger partial charge on any atom is -0.481 e. The minimum atomic E-state index is -0.854. The highest BCUT2D eigenvalue weighted by Gasteiger charge is 2.27. The predicted molar refractivity (Wildman–Crippen MR) is 63.5 cm³/mol. The van der Waals surface area contributed by atoms with Crippen LogP contribution in [0.1, 0.15) is 17.8 Å². The van der Waals surface area contributed by atoms with Gasteiger partial charge in [-0.3, -0.25) is 4.79 Å². The number of hydrogen-bond donors (Lipinski definition) is 1. The van der Waals surface area contributed by atoms with Gasteiger partial charge in [-0.25, -0.2) is 4.98 Å². The summed E-state index contributed by atoms with van der Waals surface area (Å²) in [4.78, 5) is 17.0. The maximum Gasteiger partial charge on any atom is 0.305 e. The summed E-state index contributed by atoms with van der Waals surface area (Å²) < 4.78 is 5.31. The molecule has 0 aliphatic carbocycles. The van der Waals surface area contributed by atoms with Gasteiger partial charge in [-0.15, -0.1) is 5.10 Å². The molecule has 98 valence electrons. The van der Waals surface area contributed by atoms with Gasteiger partial charge in [0.1, 0.15) is 0 Å². The zero-order valence-corrected chi connectivity index (χ0v) is 10.5. The number of carboxylic acid groups (broad SMARTS) is 1. The van der Waals surface area contributed by atoms with Gasteiger partial charge in [-0.2, -0.15) is 5.10 Å². The van der Waals surface area contributed by atoms with E-state index in [4.69, 9.17) is 9.84 Å². The first-order valence-electron chi connectivity index (χ1n) is 5.82. The summed E-state index contributed by atoms with van der Waals surface area (Å²) in [6.07, 6.45) is 0.0102. The van der Waals surface area contributed by atoms with Crippen LogP contribution >= 0.6 is 0 Å². The van der Waals surface area contributed by atoms with E-state index in [1.54, 1.807) is 0 Å². The van der Waals surface area contributed by atoms with Crippen LogP contribution in [0.25, 0.3) is 0 Å². The summed E-state index contributed by atoms with van der Waals surface area (Å²) >= 11 is 0. The Bertz CT molecular complexity index is 452. The molecule has 0 saturated carbocycles. The molecule has 0 bridgehead atoms. The zero-order valence-electron chi connectivity index (χ0n) is 10.5. The number of carbonyl (C=O) groups is 1. The Morgan fingerprint density at radius 2 is 2.22 bits per heavy atom. The minimum absolute atomic E-state index is 0.0102. The first kappa shape index (κ1) is 12.7. The van der Waals surface area contributed by atoms with E-state index in [2.05, 4.69) is 15.2 Å². The molecule has 1 saturated heterocycles. The van der Waals surface area contributed by atoms with Crippen molar-refractivity contribution in [3.63, 3.8) is 0 Å². The van der Waals surface area contributed by atoms with Crippen LogP contribution in [-0.4, -0.2) is 52.1 Å². The lowest BCUT2D eigenvalue weighted by Gasteiger charge is -2.34. The van der Waals surface area contributed by atoms with Crippen molar-refractivity contribution >= 4 is 11.9 Å². The number of rotatable bonds is 3. The Morgan fingerprint density at radius 1 is 1.44 bits per heavy atom. The molecule has 1 atom stereocenters. The molecular weight excluding hydrogens is 236 g/mol. The first-order valence-corrected chi connectivity index (χ1v) is 5.82. The molecule has 1 unspecified atom stereocenters. The van der Waals surface area contributed by atoms with Gasteiger partial charge in [0.2, 0.25) is 5.95 Å². The summed E-state index contributed by atoms with van der Waals surface area (Å²) in [5.41, 5.74) is 1.59. The maximum absolute atomic E-state index is 10.8. The Kier molecular flexibility index (Phi) is 3.71. The van der Waals surface area contributed by atoms with E-state index in [9.17, 15) is 4.79 Å². The summed E-state index contributed by atoms with van der Waals surface area (Å²) in [5, 5.41) is 17.0. The van der Waals surface area contributed by atoms with Crippen molar-refractivity contribution in [2.45, 2.75) is 26.3 Å². The Balaban J connectivity index is 2.22. The van der Waals surface area contributed by atoms with Gasteiger partial charge in [-0.1, -0.05) is 0 Å². The van der Waals surface area contributed by atoms with Crippen LogP contribution in [0.15, 0.2) is 0 Å². The van der Waals surface area contributed by atoms with Gasteiger partial charge >= 0.3 is 5.97 Å². The number of morpholine rings is 1. The molecular formula is C11H16N4O3. The smallest absolute Gasteiger partial charge is 0.305 e. The van der Waals surface area contributed by atoms with Crippen LogP contribution in [0.3, 0.4) is 0 Å². The average molecular weight is 252 g/mol. The van der Waals surface area contributed by atoms with Crippen molar-refractivity contribution < 1.29 is 14.6 Å². The molecule has 1 aliphatic heterocycles. The molecule has 0 spiro atoms. The van der Waals surface area contributed by atoms with Gasteiger partial charge < -0.3 is 14.7 Å². The molecule has 7 heteroatoms. The van der Waals surface area contributed by atoms with Gasteiger partial charge in [0.25, 0.3) is 0 Å². The lowest BCUT2D eigenvalue weighted by molar-refractivity contribution is -0.138. The van der Waals surface area contributed by atoms with Crippen LogP contribution in [0.5, 0.6) is 0 Å². The third-order valence-corrected chi connectivity index (χ3v) is 2.98. The normalized spacial score (nSPS) is 19.9. The number of hydrogen-bond acceptors (Lipinski definition) is 6. The second-order valence-electron chi connectivity index (χ2n) is 4.30. The van der Waals surface area contributed by atoms with Crippen molar-refractivity contribution in [2.24, 2.45) is 0 Å². The fraction of sp³-hybridized carbons (Fsp3) is 0.636. The summed E-state index contributed by atoms with van der Waals surface area (Å²) in [5.74, 6) is -0.375. The predicted octanol–water partition coefficient (Wildman–Crippen LogP) is 0.168. The van der Waals surface area contributed by atoms with E-state index in [1.165, 1.54) is 0 Å². The molecule has 0 radical (unpaired) electrons. The molecule has 1 aliphatic rings. The highest BCUT2D eigenvalue weighted by molar-refractivity contribution is 5.68. The Hall–Kier alpha value is -1.76. The lowest BCUT2D eigenvalue weighted by Crippen LogP contribution is -2.47. The van der Waals surface area contributed by atoms with Crippen molar-refractivity contribution in [2.75, 3.05) is 24.7 Å². The quantitative estimate of drug-likeness (QED) is 0.820. The molecule has 1 N–H and O–H groups in total. The van der Waals surface area contributed by atoms with Crippen molar-refractivity contribution in [3.05, 3.63) is 11.4 Å². The molecule has 18 heavy (non-hydrogen) atoms. The van der Waals surface area contributed by atoms with E-state index in [0.29, 0.717) is 25.7 Å². The number of carboxylic acids is 1. The highest BCUT2D eigenvalue weighted by atomic mass is 16.5. The molecule has 1 aromatic rings. The van der Waals surface area contributed by atoms with Gasteiger partial charge in [0.15, 0.2) is 0 Å². The Labute approximate surface area is 105 Å². The largest absolute Gasteiger partial charge is 0.481 e. The fourth-order valence-corrected chi connectivity index (χ4v) is 1.86. The lowest BCUT2D eigenvalue weighted by atomic mass is 10.1. The van der Waals surface area contributed by atoms with E-state index in [1.807, 2.05) is 18.7 Å². The summed E-state index contributed by atoms with van der Waals surface area (Å²) in [6.45, 7) is 5.21. The SMILES string of the molecule is Cc1nnc(N2CCOCC2CC(=O)O)nc1C. The third kappa shape index (κ3) is 2.73. The number of aromatic nitrogens is 3. The zero-order chi connectivity index (χ0) is 13.1. The maximum atomic E-state index is 10.8. The average Bonchev–Trinajstić information content (AvgIpc) is 2.33. The third-order valence-electron chi connectivity index (χ3n) is 2.98. The summed E-state index contributed by atoms with van der Waals surface area (Å²) in [7, 11) is 0. The van der Waals surface area contributed by atoms with E-state index in [0.717, 1.165) is 11.4 Å². The Morgan fingerprint density at radius 3 is 2.89 bits per heavy atom. The van der Waals surface area contributed by atoms with Crippen LogP contribution in [0, 0.1) is 13.8 Å². The molecule has 1 fully saturated rings. The molecule has 0 aromatic carbocycles. The van der Waals surface area contributed by atoms with Crippen LogP contribution < -0.4 is 4.90 Å². The van der Waals surface area contributed by atoms with Crippen molar-refractivity contribution in [3.8, 4) is 0 Å². The van der Waals surface area contributed by atoms with Gasteiger partial charge in [-0.05, 0) is 13.8 Å². The number of nitrogens with zero attached hydrogens (tertiary/aromatic N) is 4. The molecule has 0 amide bonds. The van der Waals surface area contributed by atoms with Gasteiger partial charge in [0, 0.05) is 6.54 Å². The van der Waals surface area contributed by atoms with E-state index < -0.39 is 5.97 Å². The second kappa shape index (κ2) is 5.26. The van der Waals surface area contributed by atoms with Gasteiger partial charge in [0.05, 0.1) is 37.1 Å².